The van der Waals surface area contributed by atoms with Crippen LogP contribution >= 0.6 is 15.9 Å². The molecule has 0 aliphatic rings. The largest absolute Gasteiger partial charge is 0.399 e. The van der Waals surface area contributed by atoms with E-state index in [-0.39, 0.29) is 0 Å². The Morgan fingerprint density at radius 2 is 2.12 bits per heavy atom. The van der Waals surface area contributed by atoms with Crippen LogP contribution in [0.4, 0.5) is 5.69 Å². The fourth-order valence-electron chi connectivity index (χ4n) is 1.58. The maximum absolute atomic E-state index is 5.71. The normalized spacial score (nSPS) is 10.7. The molecule has 1 aromatic carbocycles. The maximum Gasteiger partial charge on any atom is 0.0954 e. The molecule has 84 valence electrons. The zero-order valence-electron chi connectivity index (χ0n) is 9.37. The van der Waals surface area contributed by atoms with Gasteiger partial charge in [0.05, 0.1) is 12.0 Å². The van der Waals surface area contributed by atoms with Gasteiger partial charge in [-0.3, -0.25) is 0 Å². The molecule has 16 heavy (non-hydrogen) atoms. The monoisotopic (exact) mass is 279 g/mol. The molecule has 0 radical (unpaired) electrons. The summed E-state index contributed by atoms with van der Waals surface area (Å²) in [5.41, 5.74) is 9.95. The van der Waals surface area contributed by atoms with E-state index in [2.05, 4.69) is 32.4 Å². The first-order valence-electron chi connectivity index (χ1n) is 5.10. The Morgan fingerprint density at radius 1 is 1.38 bits per heavy atom. The van der Waals surface area contributed by atoms with E-state index in [0.717, 1.165) is 22.4 Å². The number of hydrogen-bond acceptors (Lipinski definition) is 2. The summed E-state index contributed by atoms with van der Waals surface area (Å²) >= 11 is 3.52. The first-order chi connectivity index (χ1) is 7.58. The van der Waals surface area contributed by atoms with Crippen molar-refractivity contribution in [2.24, 2.45) is 0 Å². The molecule has 1 aromatic heterocycles. The highest BCUT2D eigenvalue weighted by Crippen LogP contribution is 2.21. The highest BCUT2D eigenvalue weighted by atomic mass is 79.9. The number of rotatable bonds is 2. The number of imidazole rings is 1. The molecule has 2 N–H and O–H groups in total. The topological polar surface area (TPSA) is 43.8 Å². The van der Waals surface area contributed by atoms with Crippen LogP contribution in [0.3, 0.4) is 0 Å². The van der Waals surface area contributed by atoms with Gasteiger partial charge in [0.2, 0.25) is 0 Å². The highest BCUT2D eigenvalue weighted by Gasteiger charge is 2.05. The van der Waals surface area contributed by atoms with E-state index < -0.39 is 0 Å². The standard InChI is InChI=1S/C12H14BrN3/c1-8-9(2)16(7-15-8)6-10-3-4-11(14)5-12(10)13/h3-5,7H,6,14H2,1-2H3. The fraction of sp³-hybridized carbons (Fsp3) is 0.250. The van der Waals surface area contributed by atoms with E-state index in [9.17, 15) is 0 Å². The summed E-state index contributed by atoms with van der Waals surface area (Å²) in [5, 5.41) is 0. The van der Waals surface area contributed by atoms with Gasteiger partial charge in [-0.05, 0) is 31.5 Å². The van der Waals surface area contributed by atoms with Crippen molar-refractivity contribution in [1.29, 1.82) is 0 Å². The minimum atomic E-state index is 0.772. The van der Waals surface area contributed by atoms with Gasteiger partial charge in [-0.2, -0.15) is 0 Å². The lowest BCUT2D eigenvalue weighted by molar-refractivity contribution is 0.766. The molecule has 0 saturated heterocycles. The number of nitrogens with two attached hydrogens (primary N) is 1. The molecule has 0 saturated carbocycles. The Labute approximate surface area is 103 Å². The lowest BCUT2D eigenvalue weighted by atomic mass is 10.2. The van der Waals surface area contributed by atoms with Crippen LogP contribution in [0.2, 0.25) is 0 Å². The SMILES string of the molecule is Cc1ncn(Cc2ccc(N)cc2Br)c1C. The molecule has 0 aliphatic carbocycles. The number of hydrogen-bond donors (Lipinski definition) is 1. The lowest BCUT2D eigenvalue weighted by Crippen LogP contribution is -2.01. The van der Waals surface area contributed by atoms with Gasteiger partial charge in [0.1, 0.15) is 0 Å². The van der Waals surface area contributed by atoms with Gasteiger partial charge >= 0.3 is 0 Å². The zero-order chi connectivity index (χ0) is 11.7. The van der Waals surface area contributed by atoms with E-state index >= 15 is 0 Å². The second-order valence-electron chi connectivity index (χ2n) is 3.89. The van der Waals surface area contributed by atoms with Crippen LogP contribution in [0.15, 0.2) is 29.0 Å². The van der Waals surface area contributed by atoms with Crippen molar-refractivity contribution in [2.75, 3.05) is 5.73 Å². The predicted molar refractivity (Wildman–Crippen MR) is 69.4 cm³/mol. The number of aromatic nitrogens is 2. The second-order valence-corrected chi connectivity index (χ2v) is 4.75. The Kier molecular flexibility index (Phi) is 3.01. The summed E-state index contributed by atoms with van der Waals surface area (Å²) in [7, 11) is 0. The van der Waals surface area contributed by atoms with E-state index in [1.165, 1.54) is 11.3 Å². The summed E-state index contributed by atoms with van der Waals surface area (Å²) in [4.78, 5) is 4.28. The van der Waals surface area contributed by atoms with Crippen molar-refractivity contribution < 1.29 is 0 Å². The van der Waals surface area contributed by atoms with Gasteiger partial charge in [0.25, 0.3) is 0 Å². The zero-order valence-corrected chi connectivity index (χ0v) is 11.0. The number of halogens is 1. The number of anilines is 1. The first kappa shape index (κ1) is 11.2. The first-order valence-corrected chi connectivity index (χ1v) is 5.89. The van der Waals surface area contributed by atoms with Crippen molar-refractivity contribution in [3.63, 3.8) is 0 Å². The van der Waals surface area contributed by atoms with Crippen LogP contribution in [-0.2, 0) is 6.54 Å². The van der Waals surface area contributed by atoms with Crippen LogP contribution in [0.25, 0.3) is 0 Å². The minimum Gasteiger partial charge on any atom is -0.399 e. The molecule has 1 heterocycles. The summed E-state index contributed by atoms with van der Waals surface area (Å²) in [6.07, 6.45) is 1.87. The summed E-state index contributed by atoms with van der Waals surface area (Å²) in [5.74, 6) is 0. The average Bonchev–Trinajstić information content (AvgIpc) is 2.54. The molecular weight excluding hydrogens is 266 g/mol. The van der Waals surface area contributed by atoms with Gasteiger partial charge in [-0.1, -0.05) is 22.0 Å². The third kappa shape index (κ3) is 2.11. The van der Waals surface area contributed by atoms with E-state index in [0.29, 0.717) is 0 Å². The molecule has 2 rings (SSSR count). The average molecular weight is 280 g/mol. The maximum atomic E-state index is 5.71. The molecule has 0 amide bonds. The van der Waals surface area contributed by atoms with Crippen LogP contribution in [0.5, 0.6) is 0 Å². The fourth-order valence-corrected chi connectivity index (χ4v) is 2.10. The van der Waals surface area contributed by atoms with Crippen molar-refractivity contribution in [1.82, 2.24) is 9.55 Å². The van der Waals surface area contributed by atoms with Crippen molar-refractivity contribution >= 4 is 21.6 Å². The van der Waals surface area contributed by atoms with Gasteiger partial charge in [-0.25, -0.2) is 4.98 Å². The molecule has 3 nitrogen and oxygen atoms in total. The molecule has 4 heteroatoms. The molecule has 2 aromatic rings. The summed E-state index contributed by atoms with van der Waals surface area (Å²) < 4.78 is 3.17. The Hall–Kier alpha value is -1.29. The smallest absolute Gasteiger partial charge is 0.0954 e. The Morgan fingerprint density at radius 3 is 2.69 bits per heavy atom. The van der Waals surface area contributed by atoms with Crippen LogP contribution < -0.4 is 5.73 Å². The number of nitrogen functional groups attached to an aromatic ring is 1. The molecule has 0 bridgehead atoms. The number of nitrogens with zero attached hydrogens (tertiary/aromatic N) is 2. The minimum absolute atomic E-state index is 0.772. The Bertz CT molecular complexity index is 517. The Balaban J connectivity index is 2.30. The van der Waals surface area contributed by atoms with Gasteiger partial charge in [0, 0.05) is 22.4 Å². The number of benzene rings is 1. The third-order valence-corrected chi connectivity index (χ3v) is 3.50. The molecule has 0 fully saturated rings. The van der Waals surface area contributed by atoms with Crippen molar-refractivity contribution in [3.8, 4) is 0 Å². The van der Waals surface area contributed by atoms with E-state index in [4.69, 9.17) is 5.73 Å². The van der Waals surface area contributed by atoms with E-state index in [1.54, 1.807) is 0 Å². The van der Waals surface area contributed by atoms with E-state index in [1.807, 2.05) is 31.5 Å². The van der Waals surface area contributed by atoms with Crippen LogP contribution in [0.1, 0.15) is 17.0 Å². The predicted octanol–water partition coefficient (Wildman–Crippen LogP) is 2.89. The third-order valence-electron chi connectivity index (χ3n) is 2.76. The van der Waals surface area contributed by atoms with Crippen LogP contribution in [-0.4, -0.2) is 9.55 Å². The number of aryl methyl sites for hydroxylation is 1. The summed E-state index contributed by atoms with van der Waals surface area (Å²) in [6.45, 7) is 4.91. The van der Waals surface area contributed by atoms with Crippen LogP contribution in [0, 0.1) is 13.8 Å². The van der Waals surface area contributed by atoms with Gasteiger partial charge < -0.3 is 10.3 Å². The van der Waals surface area contributed by atoms with Crippen molar-refractivity contribution in [2.45, 2.75) is 20.4 Å². The quantitative estimate of drug-likeness (QED) is 0.860. The lowest BCUT2D eigenvalue weighted by Gasteiger charge is -2.08. The molecular formula is C12H14BrN3. The van der Waals surface area contributed by atoms with Crippen molar-refractivity contribution in [3.05, 3.63) is 46.0 Å². The second kappa shape index (κ2) is 4.29. The molecule has 0 unspecified atom stereocenters. The molecule has 0 aliphatic heterocycles. The molecule has 0 atom stereocenters. The summed E-state index contributed by atoms with van der Waals surface area (Å²) in [6, 6.07) is 5.88. The van der Waals surface area contributed by atoms with Gasteiger partial charge in [0.15, 0.2) is 0 Å². The highest BCUT2D eigenvalue weighted by molar-refractivity contribution is 9.10. The van der Waals surface area contributed by atoms with Gasteiger partial charge in [-0.15, -0.1) is 0 Å². The molecule has 0 spiro atoms.